The van der Waals surface area contributed by atoms with Crippen LogP contribution in [0.4, 0.5) is 15.2 Å². The quantitative estimate of drug-likeness (QED) is 0.467. The first-order chi connectivity index (χ1) is 13.5. The molecule has 144 valence electrons. The predicted molar refractivity (Wildman–Crippen MR) is 104 cm³/mol. The number of hydrogen-bond acceptors (Lipinski definition) is 6. The van der Waals surface area contributed by atoms with Crippen LogP contribution in [-0.2, 0) is 11.2 Å². The van der Waals surface area contributed by atoms with Crippen molar-refractivity contribution in [3.8, 4) is 17.0 Å². The lowest BCUT2D eigenvalue weighted by Gasteiger charge is -2.06. The van der Waals surface area contributed by atoms with Gasteiger partial charge >= 0.3 is 5.69 Å². The molecule has 3 rings (SSSR count). The molecule has 0 unspecified atom stereocenters. The molecule has 1 aromatic heterocycles. The number of nitrogens with zero attached hydrogens (tertiary/aromatic N) is 2. The number of anilines is 1. The van der Waals surface area contributed by atoms with Crippen molar-refractivity contribution in [2.75, 3.05) is 11.9 Å². The van der Waals surface area contributed by atoms with Crippen LogP contribution in [0.15, 0.2) is 47.8 Å². The summed E-state index contributed by atoms with van der Waals surface area (Å²) in [5.74, 6) is -1.56. The van der Waals surface area contributed by atoms with E-state index in [1.807, 2.05) is 29.6 Å². The summed E-state index contributed by atoms with van der Waals surface area (Å²) >= 11 is 1.25. The van der Waals surface area contributed by atoms with Crippen LogP contribution in [-0.4, -0.2) is 22.4 Å². The predicted octanol–water partition coefficient (Wildman–Crippen LogP) is 4.44. The molecule has 28 heavy (non-hydrogen) atoms. The van der Waals surface area contributed by atoms with Crippen molar-refractivity contribution in [2.45, 2.75) is 13.3 Å². The zero-order valence-corrected chi connectivity index (χ0v) is 15.7. The van der Waals surface area contributed by atoms with Crippen molar-refractivity contribution >= 4 is 28.1 Å². The van der Waals surface area contributed by atoms with Crippen molar-refractivity contribution in [3.05, 3.63) is 69.3 Å². The SMILES string of the molecule is CCc1ccc(-c2csc(NC(=O)COc3cc(F)ccc3[N+](=O)[O-])n2)cc1. The number of amides is 1. The molecule has 0 radical (unpaired) electrons. The number of benzene rings is 2. The lowest BCUT2D eigenvalue weighted by molar-refractivity contribution is -0.385. The number of halogens is 1. The van der Waals surface area contributed by atoms with E-state index in [0.717, 1.165) is 35.9 Å². The number of hydrogen-bond donors (Lipinski definition) is 1. The summed E-state index contributed by atoms with van der Waals surface area (Å²) < 4.78 is 18.4. The summed E-state index contributed by atoms with van der Waals surface area (Å²) in [4.78, 5) is 26.6. The summed E-state index contributed by atoms with van der Waals surface area (Å²) in [6.07, 6.45) is 0.947. The van der Waals surface area contributed by atoms with Crippen LogP contribution in [0.25, 0.3) is 11.3 Å². The van der Waals surface area contributed by atoms with E-state index in [9.17, 15) is 19.3 Å². The Kier molecular flexibility index (Phi) is 5.95. The molecule has 2 aromatic carbocycles. The van der Waals surface area contributed by atoms with E-state index < -0.39 is 28.9 Å². The van der Waals surface area contributed by atoms with Gasteiger partial charge in [0.1, 0.15) is 5.82 Å². The smallest absolute Gasteiger partial charge is 0.311 e. The Hall–Kier alpha value is -3.33. The van der Waals surface area contributed by atoms with Gasteiger partial charge in [0.2, 0.25) is 5.75 Å². The monoisotopic (exact) mass is 401 g/mol. The fraction of sp³-hybridized carbons (Fsp3) is 0.158. The molecule has 0 atom stereocenters. The third-order valence-corrected chi connectivity index (χ3v) is 4.64. The first-order valence-electron chi connectivity index (χ1n) is 8.37. The van der Waals surface area contributed by atoms with E-state index in [1.165, 1.54) is 16.9 Å². The zero-order valence-electron chi connectivity index (χ0n) is 14.8. The Labute approximate surface area is 164 Å². The van der Waals surface area contributed by atoms with E-state index in [0.29, 0.717) is 5.13 Å². The van der Waals surface area contributed by atoms with Gasteiger partial charge in [-0.1, -0.05) is 31.2 Å². The molecule has 7 nitrogen and oxygen atoms in total. The molecule has 1 heterocycles. The fourth-order valence-corrected chi connectivity index (χ4v) is 3.16. The van der Waals surface area contributed by atoms with Gasteiger partial charge < -0.3 is 4.74 Å². The van der Waals surface area contributed by atoms with Crippen molar-refractivity contribution in [1.82, 2.24) is 4.98 Å². The first-order valence-corrected chi connectivity index (χ1v) is 9.25. The number of rotatable bonds is 7. The molecule has 0 aliphatic carbocycles. The van der Waals surface area contributed by atoms with E-state index in [-0.39, 0.29) is 5.75 Å². The van der Waals surface area contributed by atoms with Crippen molar-refractivity contribution in [2.24, 2.45) is 0 Å². The zero-order chi connectivity index (χ0) is 20.1. The molecule has 1 amide bonds. The highest BCUT2D eigenvalue weighted by Crippen LogP contribution is 2.28. The Balaban J connectivity index is 1.62. The molecule has 0 aliphatic heterocycles. The van der Waals surface area contributed by atoms with Gasteiger partial charge in [0.25, 0.3) is 5.91 Å². The molecule has 0 bridgehead atoms. The van der Waals surface area contributed by atoms with Crippen LogP contribution in [0.5, 0.6) is 5.75 Å². The summed E-state index contributed by atoms with van der Waals surface area (Å²) in [6, 6.07) is 10.8. The third kappa shape index (κ3) is 4.68. The van der Waals surface area contributed by atoms with Gasteiger partial charge in [-0.3, -0.25) is 20.2 Å². The van der Waals surface area contributed by atoms with Crippen LogP contribution in [0.1, 0.15) is 12.5 Å². The standard InChI is InChI=1S/C19H16FN3O4S/c1-2-12-3-5-13(6-4-12)15-11-28-19(21-15)22-18(24)10-27-17-9-14(20)7-8-16(17)23(25)26/h3-9,11H,2,10H2,1H3,(H,21,22,24). The Bertz CT molecular complexity index is 1000. The van der Waals surface area contributed by atoms with Crippen LogP contribution >= 0.6 is 11.3 Å². The lowest BCUT2D eigenvalue weighted by Crippen LogP contribution is -2.20. The highest BCUT2D eigenvalue weighted by Gasteiger charge is 2.17. The molecular formula is C19H16FN3O4S. The van der Waals surface area contributed by atoms with Crippen molar-refractivity contribution < 1.29 is 18.8 Å². The van der Waals surface area contributed by atoms with Gasteiger partial charge in [-0.2, -0.15) is 0 Å². The molecule has 0 aliphatic rings. The third-order valence-electron chi connectivity index (χ3n) is 3.89. The summed E-state index contributed by atoms with van der Waals surface area (Å²) in [6.45, 7) is 1.57. The average molecular weight is 401 g/mol. The minimum atomic E-state index is -0.705. The number of ether oxygens (including phenoxy) is 1. The molecule has 0 fully saturated rings. The Morgan fingerprint density at radius 1 is 1.29 bits per heavy atom. The molecule has 1 N–H and O–H groups in total. The second kappa shape index (κ2) is 8.57. The van der Waals surface area contributed by atoms with Gasteiger partial charge in [0, 0.05) is 23.1 Å². The molecular weight excluding hydrogens is 385 g/mol. The summed E-state index contributed by atoms with van der Waals surface area (Å²) in [5.41, 5.74) is 2.46. The minimum absolute atomic E-state index is 0.309. The van der Waals surface area contributed by atoms with E-state index >= 15 is 0 Å². The van der Waals surface area contributed by atoms with Gasteiger partial charge in [-0.15, -0.1) is 11.3 Å². The van der Waals surface area contributed by atoms with Crippen molar-refractivity contribution in [3.63, 3.8) is 0 Å². The maximum atomic E-state index is 13.3. The van der Waals surface area contributed by atoms with Crippen LogP contribution in [0, 0.1) is 15.9 Å². The fourth-order valence-electron chi connectivity index (χ4n) is 2.43. The number of nitro groups is 1. The number of nitro benzene ring substituents is 1. The van der Waals surface area contributed by atoms with Gasteiger partial charge in [-0.25, -0.2) is 9.37 Å². The van der Waals surface area contributed by atoms with Crippen LogP contribution in [0.3, 0.4) is 0 Å². The summed E-state index contributed by atoms with van der Waals surface area (Å²) in [5, 5.41) is 15.7. The summed E-state index contributed by atoms with van der Waals surface area (Å²) in [7, 11) is 0. The maximum absolute atomic E-state index is 13.3. The topological polar surface area (TPSA) is 94.4 Å². The number of carbonyl (C=O) groups is 1. The van der Waals surface area contributed by atoms with E-state index in [4.69, 9.17) is 4.74 Å². The van der Waals surface area contributed by atoms with Gasteiger partial charge in [-0.05, 0) is 18.1 Å². The number of thiazole rings is 1. The largest absolute Gasteiger partial charge is 0.477 e. The van der Waals surface area contributed by atoms with E-state index in [1.54, 1.807) is 0 Å². The maximum Gasteiger partial charge on any atom is 0.311 e. The van der Waals surface area contributed by atoms with Crippen LogP contribution in [0.2, 0.25) is 0 Å². The highest BCUT2D eigenvalue weighted by atomic mass is 32.1. The second-order valence-corrected chi connectivity index (χ2v) is 6.65. The molecule has 0 saturated carbocycles. The number of aromatic nitrogens is 1. The molecule has 3 aromatic rings. The highest BCUT2D eigenvalue weighted by molar-refractivity contribution is 7.14. The number of aryl methyl sites for hydroxylation is 1. The normalized spacial score (nSPS) is 10.5. The second-order valence-electron chi connectivity index (χ2n) is 5.79. The van der Waals surface area contributed by atoms with Crippen LogP contribution < -0.4 is 10.1 Å². The van der Waals surface area contributed by atoms with Gasteiger partial charge in [0.15, 0.2) is 11.7 Å². The Morgan fingerprint density at radius 2 is 2.04 bits per heavy atom. The molecule has 9 heteroatoms. The number of carbonyl (C=O) groups excluding carboxylic acids is 1. The molecule has 0 saturated heterocycles. The minimum Gasteiger partial charge on any atom is -0.477 e. The lowest BCUT2D eigenvalue weighted by atomic mass is 10.1. The average Bonchev–Trinajstić information content (AvgIpc) is 3.14. The molecule has 0 spiro atoms. The van der Waals surface area contributed by atoms with E-state index in [2.05, 4.69) is 17.2 Å². The number of nitrogens with one attached hydrogen (secondary N) is 1. The van der Waals surface area contributed by atoms with Crippen molar-refractivity contribution in [1.29, 1.82) is 0 Å². The van der Waals surface area contributed by atoms with Gasteiger partial charge in [0.05, 0.1) is 10.6 Å². The first kappa shape index (κ1) is 19.4. The Morgan fingerprint density at radius 3 is 2.71 bits per heavy atom.